The Balaban J connectivity index is 1.86. The van der Waals surface area contributed by atoms with Crippen molar-refractivity contribution in [2.45, 2.75) is 37.8 Å². The number of halogens is 1. The van der Waals surface area contributed by atoms with Gasteiger partial charge in [-0.05, 0) is 67.4 Å². The second-order valence-electron chi connectivity index (χ2n) is 7.66. The second kappa shape index (κ2) is 11.0. The number of urea groups is 1. The molecule has 9 heteroatoms. The molecule has 0 aromatic heterocycles. The van der Waals surface area contributed by atoms with Crippen LogP contribution in [0.5, 0.6) is 11.5 Å². The van der Waals surface area contributed by atoms with Crippen molar-refractivity contribution in [2.24, 2.45) is 0 Å². The van der Waals surface area contributed by atoms with Gasteiger partial charge < -0.3 is 19.1 Å². The first-order valence-corrected chi connectivity index (χ1v) is 12.1. The minimum atomic E-state index is -4.23. The second-order valence-corrected chi connectivity index (χ2v) is 9.20. The van der Waals surface area contributed by atoms with E-state index in [0.29, 0.717) is 11.3 Å². The van der Waals surface area contributed by atoms with Gasteiger partial charge in [0.15, 0.2) is 11.5 Å². The number of benzene rings is 3. The van der Waals surface area contributed by atoms with Crippen LogP contribution in [0.1, 0.15) is 25.8 Å². The van der Waals surface area contributed by atoms with Crippen LogP contribution < -0.4 is 14.2 Å². The quantitative estimate of drug-likeness (QED) is 0.408. The summed E-state index contributed by atoms with van der Waals surface area (Å²) in [5.41, 5.74) is 1.32. The van der Waals surface area contributed by atoms with Crippen molar-refractivity contribution in [3.8, 4) is 11.5 Å². The Hall–Kier alpha value is -3.59. The number of ether oxygens (including phenoxy) is 1. The molecule has 3 aromatic carbocycles. The fourth-order valence-corrected chi connectivity index (χ4v) is 4.15. The molecular weight excluding hydrogens is 459 g/mol. The number of carbonyl (C=O) groups is 1. The van der Waals surface area contributed by atoms with Crippen LogP contribution in [-0.2, 0) is 16.7 Å². The Morgan fingerprint density at radius 3 is 2.32 bits per heavy atom. The van der Waals surface area contributed by atoms with Gasteiger partial charge in [-0.25, -0.2) is 9.18 Å². The van der Waals surface area contributed by atoms with Gasteiger partial charge in [-0.1, -0.05) is 31.2 Å². The van der Waals surface area contributed by atoms with E-state index in [1.807, 2.05) is 32.0 Å². The molecule has 0 bridgehead atoms. The number of nitrogens with zero attached hydrogens (tertiary/aromatic N) is 1. The molecule has 0 aliphatic rings. The van der Waals surface area contributed by atoms with Crippen molar-refractivity contribution in [3.05, 3.63) is 84.2 Å². The Kier molecular flexibility index (Phi) is 8.12. The smallest absolute Gasteiger partial charge is 0.339 e. The molecule has 7 nitrogen and oxygen atoms in total. The van der Waals surface area contributed by atoms with Gasteiger partial charge >= 0.3 is 16.1 Å². The highest BCUT2D eigenvalue weighted by Gasteiger charge is 2.23. The van der Waals surface area contributed by atoms with Crippen LogP contribution in [0.4, 0.5) is 14.9 Å². The number of para-hydroxylation sites is 1. The maximum absolute atomic E-state index is 13.2. The molecule has 0 spiro atoms. The molecule has 3 rings (SSSR count). The van der Waals surface area contributed by atoms with Gasteiger partial charge in [0, 0.05) is 18.3 Å². The molecule has 1 N–H and O–H groups in total. The molecular formula is C25H27FN2O5S. The summed E-state index contributed by atoms with van der Waals surface area (Å²) in [7, 11) is -2.83. The molecule has 180 valence electrons. The lowest BCUT2D eigenvalue weighted by Crippen LogP contribution is -2.40. The Bertz CT molecular complexity index is 1220. The molecule has 0 fully saturated rings. The van der Waals surface area contributed by atoms with E-state index in [1.54, 1.807) is 29.2 Å². The van der Waals surface area contributed by atoms with E-state index in [1.165, 1.54) is 13.2 Å². The lowest BCUT2D eigenvalue weighted by Gasteiger charge is -2.29. The lowest BCUT2D eigenvalue weighted by molar-refractivity contribution is 0.187. The van der Waals surface area contributed by atoms with Crippen LogP contribution in [0.2, 0.25) is 0 Å². The highest BCUT2D eigenvalue weighted by atomic mass is 32.2. The van der Waals surface area contributed by atoms with Crippen LogP contribution >= 0.6 is 0 Å². The first-order chi connectivity index (χ1) is 16.2. The molecule has 3 aromatic rings. The van der Waals surface area contributed by atoms with Crippen LogP contribution in [-0.4, -0.2) is 32.5 Å². The summed E-state index contributed by atoms with van der Waals surface area (Å²) < 4.78 is 49.2. The molecule has 0 aliphatic carbocycles. The first kappa shape index (κ1) is 25.0. The van der Waals surface area contributed by atoms with Crippen molar-refractivity contribution in [3.63, 3.8) is 0 Å². The number of nitrogens with one attached hydrogen (secondary N) is 1. The first-order valence-electron chi connectivity index (χ1n) is 10.7. The maximum atomic E-state index is 13.2. The molecule has 0 saturated carbocycles. The van der Waals surface area contributed by atoms with Gasteiger partial charge in [-0.3, -0.25) is 0 Å². The van der Waals surface area contributed by atoms with Crippen LogP contribution in [0.25, 0.3) is 0 Å². The third-order valence-electron chi connectivity index (χ3n) is 5.29. The SMILES string of the molecule is CCC(C)N(Cc1ccc(OC)c(OS(=O)(=O)c2ccc(F)cc2)c1)C(=O)Nc1ccccc1. The third kappa shape index (κ3) is 6.26. The van der Waals surface area contributed by atoms with E-state index in [9.17, 15) is 17.6 Å². The highest BCUT2D eigenvalue weighted by molar-refractivity contribution is 7.87. The Labute approximate surface area is 199 Å². The maximum Gasteiger partial charge on any atom is 0.339 e. The topological polar surface area (TPSA) is 84.9 Å². The van der Waals surface area contributed by atoms with Crippen LogP contribution in [0.3, 0.4) is 0 Å². The standard InChI is InChI=1S/C25H27FN2O5S/c1-4-18(2)28(25(29)27-21-8-6-5-7-9-21)17-19-10-15-23(32-3)24(16-19)33-34(30,31)22-13-11-20(26)12-14-22/h5-16,18H,4,17H2,1-3H3,(H,27,29). The largest absolute Gasteiger partial charge is 0.493 e. The molecule has 0 aliphatic heterocycles. The number of anilines is 1. The normalized spacial score (nSPS) is 12.0. The predicted molar refractivity (Wildman–Crippen MR) is 128 cm³/mol. The molecule has 34 heavy (non-hydrogen) atoms. The summed E-state index contributed by atoms with van der Waals surface area (Å²) >= 11 is 0. The number of amides is 2. The number of rotatable bonds is 9. The van der Waals surface area contributed by atoms with Crippen molar-refractivity contribution < 1.29 is 26.5 Å². The van der Waals surface area contributed by atoms with E-state index < -0.39 is 15.9 Å². The van der Waals surface area contributed by atoms with Gasteiger partial charge in [-0.15, -0.1) is 0 Å². The summed E-state index contributed by atoms with van der Waals surface area (Å²) in [6.07, 6.45) is 0.723. The molecule has 2 amide bonds. The van der Waals surface area contributed by atoms with Gasteiger partial charge in [-0.2, -0.15) is 8.42 Å². The van der Waals surface area contributed by atoms with Crippen LogP contribution in [0.15, 0.2) is 77.7 Å². The van der Waals surface area contributed by atoms with Crippen molar-refractivity contribution in [1.82, 2.24) is 4.90 Å². The zero-order valence-corrected chi connectivity index (χ0v) is 20.0. The van der Waals surface area contributed by atoms with E-state index in [0.717, 1.165) is 30.7 Å². The molecule has 1 atom stereocenters. The van der Waals surface area contributed by atoms with Crippen molar-refractivity contribution in [2.75, 3.05) is 12.4 Å². The average Bonchev–Trinajstić information content (AvgIpc) is 2.83. The minimum absolute atomic E-state index is 0.0307. The molecule has 0 radical (unpaired) electrons. The fourth-order valence-electron chi connectivity index (χ4n) is 3.21. The van der Waals surface area contributed by atoms with E-state index in [4.69, 9.17) is 8.92 Å². The number of hydrogen-bond donors (Lipinski definition) is 1. The number of methoxy groups -OCH3 is 1. The Morgan fingerprint density at radius 1 is 1.03 bits per heavy atom. The summed E-state index contributed by atoms with van der Waals surface area (Å²) in [4.78, 5) is 14.5. The zero-order valence-electron chi connectivity index (χ0n) is 19.2. The molecule has 1 unspecified atom stereocenters. The van der Waals surface area contributed by atoms with Crippen molar-refractivity contribution in [1.29, 1.82) is 0 Å². The van der Waals surface area contributed by atoms with Crippen LogP contribution in [0, 0.1) is 5.82 Å². The number of carbonyl (C=O) groups excluding carboxylic acids is 1. The third-order valence-corrected chi connectivity index (χ3v) is 6.54. The highest BCUT2D eigenvalue weighted by Crippen LogP contribution is 2.31. The summed E-state index contributed by atoms with van der Waals surface area (Å²) in [6.45, 7) is 4.13. The zero-order chi connectivity index (χ0) is 24.7. The van der Waals surface area contributed by atoms with Crippen molar-refractivity contribution >= 4 is 21.8 Å². The summed E-state index contributed by atoms with van der Waals surface area (Å²) in [5.74, 6) is -0.382. The summed E-state index contributed by atoms with van der Waals surface area (Å²) in [5, 5.41) is 2.88. The molecule has 0 heterocycles. The average molecular weight is 487 g/mol. The number of hydrogen-bond acceptors (Lipinski definition) is 5. The fraction of sp³-hybridized carbons (Fsp3) is 0.240. The van der Waals surface area contributed by atoms with E-state index in [2.05, 4.69) is 5.32 Å². The van der Waals surface area contributed by atoms with E-state index in [-0.39, 0.29) is 35.0 Å². The molecule has 0 saturated heterocycles. The lowest BCUT2D eigenvalue weighted by atomic mass is 10.1. The monoisotopic (exact) mass is 486 g/mol. The minimum Gasteiger partial charge on any atom is -0.493 e. The van der Waals surface area contributed by atoms with Gasteiger partial charge in [0.05, 0.1) is 7.11 Å². The van der Waals surface area contributed by atoms with Gasteiger partial charge in [0.2, 0.25) is 0 Å². The van der Waals surface area contributed by atoms with E-state index >= 15 is 0 Å². The van der Waals surface area contributed by atoms with Gasteiger partial charge in [0.1, 0.15) is 10.7 Å². The predicted octanol–water partition coefficient (Wildman–Crippen LogP) is 5.43. The summed E-state index contributed by atoms with van der Waals surface area (Å²) in [6, 6.07) is 17.9. The Morgan fingerprint density at radius 2 is 1.71 bits per heavy atom. The van der Waals surface area contributed by atoms with Gasteiger partial charge in [0.25, 0.3) is 0 Å².